The van der Waals surface area contributed by atoms with Crippen LogP contribution in [-0.4, -0.2) is 47.0 Å². The molecule has 2 aromatic rings. The van der Waals surface area contributed by atoms with Gasteiger partial charge in [-0.25, -0.2) is 4.98 Å². The average Bonchev–Trinajstić information content (AvgIpc) is 2.68. The summed E-state index contributed by atoms with van der Waals surface area (Å²) in [5, 5.41) is 6.10. The number of pyridine rings is 2. The molecular formula is C21H27N5O2. The molecule has 28 heavy (non-hydrogen) atoms. The van der Waals surface area contributed by atoms with E-state index < -0.39 is 0 Å². The van der Waals surface area contributed by atoms with Crippen LogP contribution >= 0.6 is 0 Å². The van der Waals surface area contributed by atoms with Crippen molar-refractivity contribution in [3.05, 3.63) is 58.1 Å². The number of hydrogen-bond acceptors (Lipinski definition) is 5. The van der Waals surface area contributed by atoms with Crippen molar-refractivity contribution >= 4 is 11.7 Å². The summed E-state index contributed by atoms with van der Waals surface area (Å²) in [6, 6.07) is 9.60. The van der Waals surface area contributed by atoms with Gasteiger partial charge in [-0.2, -0.15) is 0 Å². The van der Waals surface area contributed by atoms with Crippen molar-refractivity contribution in [3.63, 3.8) is 0 Å². The minimum absolute atomic E-state index is 0.00989. The Morgan fingerprint density at radius 1 is 1.25 bits per heavy atom. The summed E-state index contributed by atoms with van der Waals surface area (Å²) in [5.74, 6) is 1.50. The number of carbonyl (C=O) groups is 1. The molecule has 0 spiro atoms. The predicted molar refractivity (Wildman–Crippen MR) is 108 cm³/mol. The zero-order chi connectivity index (χ0) is 19.7. The molecular weight excluding hydrogens is 354 g/mol. The van der Waals surface area contributed by atoms with Crippen LogP contribution in [0.3, 0.4) is 0 Å². The number of aromatic nitrogens is 2. The van der Waals surface area contributed by atoms with E-state index in [1.165, 1.54) is 12.5 Å². The highest BCUT2D eigenvalue weighted by Crippen LogP contribution is 2.41. The lowest BCUT2D eigenvalue weighted by molar-refractivity contribution is -0.119. The number of anilines is 1. The van der Waals surface area contributed by atoms with E-state index in [-0.39, 0.29) is 17.5 Å². The molecule has 1 saturated heterocycles. The Bertz CT molecular complexity index is 925. The molecule has 0 unspecified atom stereocenters. The van der Waals surface area contributed by atoms with Crippen molar-refractivity contribution in [1.29, 1.82) is 0 Å². The van der Waals surface area contributed by atoms with Gasteiger partial charge >= 0.3 is 0 Å². The molecule has 0 radical (unpaired) electrons. The van der Waals surface area contributed by atoms with Crippen LogP contribution in [0.5, 0.6) is 0 Å². The molecule has 0 saturated carbocycles. The first kappa shape index (κ1) is 18.7. The minimum atomic E-state index is -0.0608. The largest absolute Gasteiger partial charge is 0.373 e. The van der Waals surface area contributed by atoms with Gasteiger partial charge in [0.05, 0.1) is 6.04 Å². The third kappa shape index (κ3) is 3.54. The maximum atomic E-state index is 12.6. The van der Waals surface area contributed by atoms with E-state index in [4.69, 9.17) is 0 Å². The number of carbonyl (C=O) groups excluding carboxylic acids is 1. The maximum Gasteiger partial charge on any atom is 0.251 e. The Hall–Kier alpha value is -2.67. The minimum Gasteiger partial charge on any atom is -0.373 e. The quantitative estimate of drug-likeness (QED) is 0.822. The molecule has 4 heterocycles. The first-order valence-corrected chi connectivity index (χ1v) is 9.86. The monoisotopic (exact) mass is 381 g/mol. The Labute approximate surface area is 164 Å². The van der Waals surface area contributed by atoms with E-state index in [1.54, 1.807) is 12.3 Å². The topological polar surface area (TPSA) is 79.3 Å². The summed E-state index contributed by atoms with van der Waals surface area (Å²) in [4.78, 5) is 31.0. The SMILES string of the molecule is CNc1ncccc1CN1C[C@H]2C[C@@H](C1)[C@H](CNC(C)=O)n1c2cccc1=O. The lowest BCUT2D eigenvalue weighted by Crippen LogP contribution is -2.51. The van der Waals surface area contributed by atoms with Crippen molar-refractivity contribution in [2.75, 3.05) is 32.0 Å². The first-order chi connectivity index (χ1) is 13.6. The lowest BCUT2D eigenvalue weighted by Gasteiger charge is -2.47. The molecule has 0 aromatic carbocycles. The Kier molecular flexibility index (Phi) is 5.17. The van der Waals surface area contributed by atoms with E-state index in [1.807, 2.05) is 23.7 Å². The number of rotatable bonds is 5. The fraction of sp³-hybridized carbons (Fsp3) is 0.476. The zero-order valence-corrected chi connectivity index (χ0v) is 16.4. The van der Waals surface area contributed by atoms with Crippen molar-refractivity contribution in [2.24, 2.45) is 5.92 Å². The molecule has 3 atom stereocenters. The van der Waals surface area contributed by atoms with Crippen molar-refractivity contribution in [2.45, 2.75) is 31.8 Å². The summed E-state index contributed by atoms with van der Waals surface area (Å²) in [5.41, 5.74) is 2.29. The van der Waals surface area contributed by atoms with Crippen molar-refractivity contribution < 1.29 is 4.79 Å². The molecule has 7 nitrogen and oxygen atoms in total. The van der Waals surface area contributed by atoms with E-state index >= 15 is 0 Å². The summed E-state index contributed by atoms with van der Waals surface area (Å²) in [6.07, 6.45) is 2.85. The van der Waals surface area contributed by atoms with Crippen LogP contribution in [0.25, 0.3) is 0 Å². The third-order valence-electron chi connectivity index (χ3n) is 5.96. The lowest BCUT2D eigenvalue weighted by atomic mass is 9.78. The van der Waals surface area contributed by atoms with Crippen LogP contribution in [0.15, 0.2) is 41.3 Å². The second-order valence-electron chi connectivity index (χ2n) is 7.81. The number of fused-ring (bicyclic) bond motifs is 4. The van der Waals surface area contributed by atoms with Gasteiger partial charge in [0.25, 0.3) is 5.56 Å². The fourth-order valence-corrected chi connectivity index (χ4v) is 4.81. The molecule has 4 rings (SSSR count). The fourth-order valence-electron chi connectivity index (χ4n) is 4.81. The highest BCUT2D eigenvalue weighted by Gasteiger charge is 2.40. The van der Waals surface area contributed by atoms with Crippen LogP contribution in [0, 0.1) is 5.92 Å². The smallest absolute Gasteiger partial charge is 0.251 e. The normalized spacial score (nSPS) is 23.7. The summed E-state index contributed by atoms with van der Waals surface area (Å²) < 4.78 is 1.93. The van der Waals surface area contributed by atoms with Crippen LogP contribution in [0.2, 0.25) is 0 Å². The molecule has 2 aromatic heterocycles. The molecule has 2 bridgehead atoms. The van der Waals surface area contributed by atoms with Gasteiger partial charge in [-0.3, -0.25) is 14.5 Å². The van der Waals surface area contributed by atoms with E-state index in [0.717, 1.165) is 37.6 Å². The molecule has 2 aliphatic rings. The van der Waals surface area contributed by atoms with Gasteiger partial charge in [0.2, 0.25) is 5.91 Å². The van der Waals surface area contributed by atoms with Crippen molar-refractivity contribution in [1.82, 2.24) is 19.8 Å². The van der Waals surface area contributed by atoms with Gasteiger partial charge in [-0.15, -0.1) is 0 Å². The summed E-state index contributed by atoms with van der Waals surface area (Å²) in [6.45, 7) is 4.66. The molecule has 2 N–H and O–H groups in total. The van der Waals surface area contributed by atoms with Gasteiger partial charge in [-0.1, -0.05) is 12.1 Å². The van der Waals surface area contributed by atoms with Crippen LogP contribution < -0.4 is 16.2 Å². The number of likely N-dealkylation sites (tertiary alicyclic amines) is 1. The average molecular weight is 381 g/mol. The summed E-state index contributed by atoms with van der Waals surface area (Å²) in [7, 11) is 1.89. The zero-order valence-electron chi connectivity index (χ0n) is 16.4. The van der Waals surface area contributed by atoms with Gasteiger partial charge in [0.15, 0.2) is 0 Å². The molecule has 2 aliphatic heterocycles. The van der Waals surface area contributed by atoms with Crippen LogP contribution in [0.4, 0.5) is 5.82 Å². The second-order valence-corrected chi connectivity index (χ2v) is 7.81. The Balaban J connectivity index is 1.63. The maximum absolute atomic E-state index is 12.6. The highest BCUT2D eigenvalue weighted by atomic mass is 16.1. The van der Waals surface area contributed by atoms with Gasteiger partial charge in [0, 0.05) is 69.6 Å². The van der Waals surface area contributed by atoms with Gasteiger partial charge < -0.3 is 15.2 Å². The van der Waals surface area contributed by atoms with E-state index in [2.05, 4.69) is 32.7 Å². The molecule has 148 valence electrons. The first-order valence-electron chi connectivity index (χ1n) is 9.86. The molecule has 0 aliphatic carbocycles. The number of piperidine rings is 1. The number of amides is 1. The number of nitrogens with zero attached hydrogens (tertiary/aromatic N) is 3. The van der Waals surface area contributed by atoms with Crippen molar-refractivity contribution in [3.8, 4) is 0 Å². The second kappa shape index (κ2) is 7.75. The van der Waals surface area contributed by atoms with E-state index in [0.29, 0.717) is 18.4 Å². The molecule has 7 heteroatoms. The number of hydrogen-bond donors (Lipinski definition) is 2. The Morgan fingerprint density at radius 3 is 2.89 bits per heavy atom. The highest BCUT2D eigenvalue weighted by molar-refractivity contribution is 5.72. The van der Waals surface area contributed by atoms with Crippen LogP contribution in [0.1, 0.15) is 36.6 Å². The summed E-state index contributed by atoms with van der Waals surface area (Å²) >= 11 is 0. The molecule has 1 fully saturated rings. The van der Waals surface area contributed by atoms with Gasteiger partial charge in [-0.05, 0) is 24.5 Å². The van der Waals surface area contributed by atoms with Gasteiger partial charge in [0.1, 0.15) is 5.82 Å². The number of nitrogens with one attached hydrogen (secondary N) is 2. The Morgan fingerprint density at radius 2 is 2.11 bits per heavy atom. The standard InChI is InChI=1S/C21H27N5O2/c1-14(27)24-10-19-17-9-16(18-6-3-7-20(28)26(18)19)12-25(13-17)11-15-5-4-8-23-21(15)22-2/h3-8,16-17,19H,9-13H2,1-2H3,(H,22,23)(H,24,27)/t16-,17+,19+/m1/s1. The molecule has 1 amide bonds. The van der Waals surface area contributed by atoms with Crippen LogP contribution in [-0.2, 0) is 11.3 Å². The van der Waals surface area contributed by atoms with E-state index in [9.17, 15) is 9.59 Å². The third-order valence-corrected chi connectivity index (χ3v) is 5.96. The predicted octanol–water partition coefficient (Wildman–Crippen LogP) is 1.58.